The van der Waals surface area contributed by atoms with Gasteiger partial charge in [0.25, 0.3) is 5.69 Å². The fraction of sp³-hybridized carbons (Fsp3) is 0.250. The normalized spacial score (nSPS) is 10.2. The lowest BCUT2D eigenvalue weighted by Gasteiger charge is -2.14. The maximum Gasteiger partial charge on any atom is 0.269 e. The molecule has 0 aliphatic heterocycles. The Morgan fingerprint density at radius 2 is 1.96 bits per heavy atom. The average Bonchev–Trinajstić information content (AvgIpc) is 2.55. The van der Waals surface area contributed by atoms with E-state index < -0.39 is 4.92 Å². The number of non-ortho nitro benzene ring substituents is 1. The summed E-state index contributed by atoms with van der Waals surface area (Å²) in [6.45, 7) is 2.87. The van der Waals surface area contributed by atoms with Crippen molar-refractivity contribution in [2.24, 2.45) is 0 Å². The molecule has 0 aromatic heterocycles. The van der Waals surface area contributed by atoms with E-state index in [4.69, 9.17) is 21.1 Å². The van der Waals surface area contributed by atoms with Gasteiger partial charge in [0.05, 0.1) is 23.7 Å². The van der Waals surface area contributed by atoms with E-state index in [1.807, 2.05) is 13.0 Å². The summed E-state index contributed by atoms with van der Waals surface area (Å²) >= 11 is 6.22. The van der Waals surface area contributed by atoms with Crippen molar-refractivity contribution < 1.29 is 14.4 Å². The fourth-order valence-corrected chi connectivity index (χ4v) is 2.35. The van der Waals surface area contributed by atoms with Gasteiger partial charge in [-0.3, -0.25) is 10.1 Å². The van der Waals surface area contributed by atoms with Crippen LogP contribution in [0, 0.1) is 10.1 Å². The van der Waals surface area contributed by atoms with Gasteiger partial charge in [-0.15, -0.1) is 0 Å². The number of nitro benzene ring substituents is 1. The number of benzene rings is 2. The molecule has 0 aliphatic rings. The Hall–Kier alpha value is -2.47. The molecule has 0 unspecified atom stereocenters. The highest BCUT2D eigenvalue weighted by Crippen LogP contribution is 2.36. The Bertz CT molecular complexity index is 689. The molecule has 0 bridgehead atoms. The first-order valence-electron chi connectivity index (χ1n) is 7.02. The van der Waals surface area contributed by atoms with Crippen LogP contribution in [0.2, 0.25) is 5.02 Å². The molecule has 122 valence electrons. The highest BCUT2D eigenvalue weighted by molar-refractivity contribution is 6.32. The minimum atomic E-state index is -0.430. The van der Waals surface area contributed by atoms with Crippen molar-refractivity contribution in [1.29, 1.82) is 0 Å². The van der Waals surface area contributed by atoms with Gasteiger partial charge in [0.1, 0.15) is 0 Å². The second kappa shape index (κ2) is 7.69. The number of anilines is 1. The van der Waals surface area contributed by atoms with Crippen LogP contribution in [-0.4, -0.2) is 18.6 Å². The Kier molecular flexibility index (Phi) is 5.65. The van der Waals surface area contributed by atoms with Crippen LogP contribution < -0.4 is 14.8 Å². The van der Waals surface area contributed by atoms with E-state index in [1.54, 1.807) is 25.3 Å². The molecule has 2 aromatic rings. The molecule has 7 heteroatoms. The van der Waals surface area contributed by atoms with Gasteiger partial charge < -0.3 is 14.8 Å². The molecule has 0 radical (unpaired) electrons. The minimum Gasteiger partial charge on any atom is -0.493 e. The zero-order valence-electron chi connectivity index (χ0n) is 12.8. The molecule has 1 N–H and O–H groups in total. The zero-order valence-corrected chi connectivity index (χ0v) is 13.6. The van der Waals surface area contributed by atoms with Crippen molar-refractivity contribution in [3.8, 4) is 11.5 Å². The maximum atomic E-state index is 10.6. The number of hydrogen-bond acceptors (Lipinski definition) is 5. The maximum absolute atomic E-state index is 10.6. The van der Waals surface area contributed by atoms with Crippen molar-refractivity contribution in [3.63, 3.8) is 0 Å². The van der Waals surface area contributed by atoms with Crippen LogP contribution in [0.3, 0.4) is 0 Å². The number of rotatable bonds is 7. The smallest absolute Gasteiger partial charge is 0.269 e. The molecule has 0 saturated carbocycles. The minimum absolute atomic E-state index is 0.0568. The SMILES string of the molecule is CCOc1c(Cl)cc(CNc2ccc([N+](=O)[O-])cc2)cc1OC. The summed E-state index contributed by atoms with van der Waals surface area (Å²) < 4.78 is 10.8. The van der Waals surface area contributed by atoms with Gasteiger partial charge in [0.2, 0.25) is 0 Å². The molecule has 0 aliphatic carbocycles. The van der Waals surface area contributed by atoms with Crippen LogP contribution in [0.4, 0.5) is 11.4 Å². The summed E-state index contributed by atoms with van der Waals surface area (Å²) in [7, 11) is 1.56. The van der Waals surface area contributed by atoms with Crippen molar-refractivity contribution >= 4 is 23.0 Å². The Balaban J connectivity index is 2.11. The summed E-state index contributed by atoms with van der Waals surface area (Å²) in [6, 6.07) is 9.86. The van der Waals surface area contributed by atoms with Gasteiger partial charge >= 0.3 is 0 Å². The fourth-order valence-electron chi connectivity index (χ4n) is 2.06. The first kappa shape index (κ1) is 16.9. The monoisotopic (exact) mass is 336 g/mol. The molecule has 2 rings (SSSR count). The number of hydrogen-bond donors (Lipinski definition) is 1. The largest absolute Gasteiger partial charge is 0.493 e. The first-order valence-corrected chi connectivity index (χ1v) is 7.40. The van der Waals surface area contributed by atoms with Crippen LogP contribution in [-0.2, 0) is 6.54 Å². The number of nitro groups is 1. The van der Waals surface area contributed by atoms with Crippen LogP contribution in [0.1, 0.15) is 12.5 Å². The Labute approximate surface area is 139 Å². The summed E-state index contributed by atoms with van der Waals surface area (Å²) in [5.74, 6) is 1.09. The lowest BCUT2D eigenvalue weighted by atomic mass is 10.2. The third kappa shape index (κ3) is 4.26. The molecule has 0 saturated heterocycles. The van der Waals surface area contributed by atoms with E-state index in [2.05, 4.69) is 5.32 Å². The van der Waals surface area contributed by atoms with E-state index in [-0.39, 0.29) is 5.69 Å². The van der Waals surface area contributed by atoms with Gasteiger partial charge in [-0.2, -0.15) is 0 Å². The summed E-state index contributed by atoms with van der Waals surface area (Å²) in [4.78, 5) is 10.2. The molecule has 0 atom stereocenters. The predicted molar refractivity (Wildman–Crippen MR) is 89.6 cm³/mol. The van der Waals surface area contributed by atoms with Crippen LogP contribution in [0.5, 0.6) is 11.5 Å². The van der Waals surface area contributed by atoms with Gasteiger partial charge in [0, 0.05) is 24.4 Å². The summed E-state index contributed by atoms with van der Waals surface area (Å²) in [5, 5.41) is 14.3. The first-order chi connectivity index (χ1) is 11.0. The van der Waals surface area contributed by atoms with E-state index >= 15 is 0 Å². The molecule has 23 heavy (non-hydrogen) atoms. The Morgan fingerprint density at radius 3 is 2.52 bits per heavy atom. The quantitative estimate of drug-likeness (QED) is 0.603. The lowest BCUT2D eigenvalue weighted by molar-refractivity contribution is -0.384. The van der Waals surface area contributed by atoms with Gasteiger partial charge in [-0.05, 0) is 36.8 Å². The lowest BCUT2D eigenvalue weighted by Crippen LogP contribution is -2.02. The van der Waals surface area contributed by atoms with E-state index in [9.17, 15) is 10.1 Å². The molecule has 0 amide bonds. The molecular formula is C16H17ClN2O4. The summed E-state index contributed by atoms with van der Waals surface area (Å²) in [6.07, 6.45) is 0. The van der Waals surface area contributed by atoms with Crippen molar-refractivity contribution in [2.45, 2.75) is 13.5 Å². The molecular weight excluding hydrogens is 320 g/mol. The topological polar surface area (TPSA) is 73.6 Å². The number of halogens is 1. The van der Waals surface area contributed by atoms with Gasteiger partial charge in [-0.25, -0.2) is 0 Å². The Morgan fingerprint density at radius 1 is 1.26 bits per heavy atom. The molecule has 0 spiro atoms. The van der Waals surface area contributed by atoms with Crippen LogP contribution >= 0.6 is 11.6 Å². The van der Waals surface area contributed by atoms with E-state index in [0.717, 1.165) is 11.3 Å². The van der Waals surface area contributed by atoms with Crippen LogP contribution in [0.25, 0.3) is 0 Å². The average molecular weight is 337 g/mol. The van der Waals surface area contributed by atoms with E-state index in [1.165, 1.54) is 12.1 Å². The molecule has 6 nitrogen and oxygen atoms in total. The van der Waals surface area contributed by atoms with Gasteiger partial charge in [-0.1, -0.05) is 11.6 Å². The second-order valence-electron chi connectivity index (χ2n) is 4.70. The third-order valence-corrected chi connectivity index (χ3v) is 3.43. The molecule has 2 aromatic carbocycles. The van der Waals surface area contributed by atoms with Crippen LogP contribution in [0.15, 0.2) is 36.4 Å². The van der Waals surface area contributed by atoms with Gasteiger partial charge in [0.15, 0.2) is 11.5 Å². The van der Waals surface area contributed by atoms with Crippen molar-refractivity contribution in [1.82, 2.24) is 0 Å². The highest BCUT2D eigenvalue weighted by atomic mass is 35.5. The van der Waals surface area contributed by atoms with Crippen molar-refractivity contribution in [2.75, 3.05) is 19.0 Å². The number of ether oxygens (including phenoxy) is 2. The highest BCUT2D eigenvalue weighted by Gasteiger charge is 2.11. The number of methoxy groups -OCH3 is 1. The van der Waals surface area contributed by atoms with Crippen molar-refractivity contribution in [3.05, 3.63) is 57.1 Å². The molecule has 0 fully saturated rings. The van der Waals surface area contributed by atoms with E-state index in [0.29, 0.717) is 29.7 Å². The third-order valence-electron chi connectivity index (χ3n) is 3.15. The number of nitrogens with one attached hydrogen (secondary N) is 1. The predicted octanol–water partition coefficient (Wildman–Crippen LogP) is 4.27. The summed E-state index contributed by atoms with van der Waals surface area (Å²) in [5.41, 5.74) is 1.74. The molecule has 0 heterocycles. The second-order valence-corrected chi connectivity index (χ2v) is 5.11. The number of nitrogens with zero attached hydrogens (tertiary/aromatic N) is 1. The zero-order chi connectivity index (χ0) is 16.8. The standard InChI is InChI=1S/C16H17ClN2O4/c1-3-23-16-14(17)8-11(9-15(16)22-2)10-18-12-4-6-13(7-5-12)19(20)21/h4-9,18H,3,10H2,1-2H3.